The zero-order chi connectivity index (χ0) is 15.9. The van der Waals surface area contributed by atoms with Gasteiger partial charge in [-0.15, -0.1) is 0 Å². The SMILES string of the molecule is COc1ccc(NC(=O)CNC(C)(C)C)cc1OCCO. The number of hydrogen-bond donors (Lipinski definition) is 3. The van der Waals surface area contributed by atoms with Crippen LogP contribution in [0.1, 0.15) is 20.8 Å². The lowest BCUT2D eigenvalue weighted by molar-refractivity contribution is -0.115. The number of nitrogens with one attached hydrogen (secondary N) is 2. The van der Waals surface area contributed by atoms with Crippen molar-refractivity contribution in [3.8, 4) is 11.5 Å². The number of ether oxygens (including phenoxy) is 2. The largest absolute Gasteiger partial charge is 0.493 e. The minimum Gasteiger partial charge on any atom is -0.493 e. The molecular formula is C15H24N2O4. The molecule has 0 fully saturated rings. The zero-order valence-corrected chi connectivity index (χ0v) is 13.0. The van der Waals surface area contributed by atoms with E-state index in [0.717, 1.165) is 0 Å². The van der Waals surface area contributed by atoms with E-state index >= 15 is 0 Å². The van der Waals surface area contributed by atoms with Crippen molar-refractivity contribution in [3.63, 3.8) is 0 Å². The van der Waals surface area contributed by atoms with Crippen LogP contribution >= 0.6 is 0 Å². The van der Waals surface area contributed by atoms with Crippen LogP contribution < -0.4 is 20.1 Å². The molecule has 0 heterocycles. The molecule has 0 spiro atoms. The Morgan fingerprint density at radius 1 is 1.29 bits per heavy atom. The van der Waals surface area contributed by atoms with Gasteiger partial charge in [0, 0.05) is 17.3 Å². The molecule has 0 unspecified atom stereocenters. The van der Waals surface area contributed by atoms with Gasteiger partial charge in [0.05, 0.1) is 20.3 Å². The van der Waals surface area contributed by atoms with Crippen molar-refractivity contribution in [1.29, 1.82) is 0 Å². The van der Waals surface area contributed by atoms with Crippen LogP contribution in [0.15, 0.2) is 18.2 Å². The van der Waals surface area contributed by atoms with Crippen LogP contribution in [0.2, 0.25) is 0 Å². The van der Waals surface area contributed by atoms with Gasteiger partial charge in [-0.3, -0.25) is 4.79 Å². The third-order valence-corrected chi connectivity index (χ3v) is 2.58. The van der Waals surface area contributed by atoms with Crippen LogP contribution in [0.4, 0.5) is 5.69 Å². The lowest BCUT2D eigenvalue weighted by Crippen LogP contribution is -2.41. The number of methoxy groups -OCH3 is 1. The normalized spacial score (nSPS) is 11.1. The van der Waals surface area contributed by atoms with Crippen LogP contribution in [0.5, 0.6) is 11.5 Å². The molecular weight excluding hydrogens is 272 g/mol. The topological polar surface area (TPSA) is 79.8 Å². The second-order valence-corrected chi connectivity index (χ2v) is 5.59. The minimum atomic E-state index is -0.136. The third-order valence-electron chi connectivity index (χ3n) is 2.58. The highest BCUT2D eigenvalue weighted by Crippen LogP contribution is 2.30. The maximum Gasteiger partial charge on any atom is 0.238 e. The Morgan fingerprint density at radius 3 is 2.57 bits per heavy atom. The summed E-state index contributed by atoms with van der Waals surface area (Å²) < 4.78 is 10.5. The summed E-state index contributed by atoms with van der Waals surface area (Å²) in [6.45, 7) is 6.29. The Morgan fingerprint density at radius 2 is 2.00 bits per heavy atom. The molecule has 0 radical (unpaired) electrons. The van der Waals surface area contributed by atoms with E-state index in [4.69, 9.17) is 14.6 Å². The van der Waals surface area contributed by atoms with Crippen molar-refractivity contribution in [1.82, 2.24) is 5.32 Å². The zero-order valence-electron chi connectivity index (χ0n) is 13.0. The van der Waals surface area contributed by atoms with Gasteiger partial charge < -0.3 is 25.2 Å². The maximum absolute atomic E-state index is 11.9. The van der Waals surface area contributed by atoms with E-state index in [0.29, 0.717) is 17.2 Å². The molecule has 0 aromatic heterocycles. The van der Waals surface area contributed by atoms with E-state index in [-0.39, 0.29) is 31.2 Å². The molecule has 0 atom stereocenters. The molecule has 0 aliphatic carbocycles. The van der Waals surface area contributed by atoms with E-state index in [1.807, 2.05) is 20.8 Å². The lowest BCUT2D eigenvalue weighted by Gasteiger charge is -2.20. The number of carbonyl (C=O) groups is 1. The second kappa shape index (κ2) is 7.85. The summed E-state index contributed by atoms with van der Waals surface area (Å²) in [5.41, 5.74) is 0.497. The maximum atomic E-state index is 11.9. The van der Waals surface area contributed by atoms with Crippen molar-refractivity contribution >= 4 is 11.6 Å². The molecule has 3 N–H and O–H groups in total. The fraction of sp³-hybridized carbons (Fsp3) is 0.533. The number of benzene rings is 1. The molecule has 0 aliphatic rings. The summed E-state index contributed by atoms with van der Waals surface area (Å²) >= 11 is 0. The van der Waals surface area contributed by atoms with Gasteiger partial charge in [0.15, 0.2) is 11.5 Å². The second-order valence-electron chi connectivity index (χ2n) is 5.59. The summed E-state index contributed by atoms with van der Waals surface area (Å²) in [4.78, 5) is 11.9. The average Bonchev–Trinajstić information content (AvgIpc) is 2.42. The van der Waals surface area contributed by atoms with Gasteiger partial charge in [0.1, 0.15) is 6.61 Å². The molecule has 1 aromatic carbocycles. The molecule has 1 amide bonds. The van der Waals surface area contributed by atoms with Crippen LogP contribution in [0, 0.1) is 0 Å². The summed E-state index contributed by atoms with van der Waals surface area (Å²) in [7, 11) is 1.53. The fourth-order valence-corrected chi connectivity index (χ4v) is 1.57. The van der Waals surface area contributed by atoms with Crippen molar-refractivity contribution in [2.24, 2.45) is 0 Å². The molecule has 21 heavy (non-hydrogen) atoms. The van der Waals surface area contributed by atoms with Gasteiger partial charge in [-0.2, -0.15) is 0 Å². The van der Waals surface area contributed by atoms with E-state index < -0.39 is 0 Å². The van der Waals surface area contributed by atoms with Crippen molar-refractivity contribution in [2.75, 3.05) is 32.2 Å². The highest BCUT2D eigenvalue weighted by atomic mass is 16.5. The Bertz CT molecular complexity index is 469. The van der Waals surface area contributed by atoms with E-state index in [1.165, 1.54) is 7.11 Å². The fourth-order valence-electron chi connectivity index (χ4n) is 1.57. The van der Waals surface area contributed by atoms with Crippen LogP contribution in [-0.2, 0) is 4.79 Å². The number of anilines is 1. The van der Waals surface area contributed by atoms with E-state index in [9.17, 15) is 4.79 Å². The monoisotopic (exact) mass is 296 g/mol. The molecule has 0 aliphatic heterocycles. The number of aliphatic hydroxyl groups excluding tert-OH is 1. The van der Waals surface area contributed by atoms with Crippen LogP contribution in [-0.4, -0.2) is 43.4 Å². The van der Waals surface area contributed by atoms with Gasteiger partial charge >= 0.3 is 0 Å². The third kappa shape index (κ3) is 6.46. The predicted octanol–water partition coefficient (Wildman–Crippen LogP) is 1.39. The Hall–Kier alpha value is -1.79. The number of amides is 1. The number of hydrogen-bond acceptors (Lipinski definition) is 5. The molecule has 1 rings (SSSR count). The molecule has 6 nitrogen and oxygen atoms in total. The first-order valence-electron chi connectivity index (χ1n) is 6.82. The number of rotatable bonds is 7. The van der Waals surface area contributed by atoms with E-state index in [2.05, 4.69) is 10.6 Å². The van der Waals surface area contributed by atoms with Crippen molar-refractivity contribution < 1.29 is 19.4 Å². The van der Waals surface area contributed by atoms with Gasteiger partial charge in [0.2, 0.25) is 5.91 Å². The molecule has 1 aromatic rings. The van der Waals surface area contributed by atoms with Crippen molar-refractivity contribution in [2.45, 2.75) is 26.3 Å². The van der Waals surface area contributed by atoms with Gasteiger partial charge in [-0.1, -0.05) is 0 Å². The average molecular weight is 296 g/mol. The quantitative estimate of drug-likeness (QED) is 0.708. The van der Waals surface area contributed by atoms with Crippen molar-refractivity contribution in [3.05, 3.63) is 18.2 Å². The summed E-state index contributed by atoms with van der Waals surface area (Å²) in [5.74, 6) is 0.894. The first-order valence-corrected chi connectivity index (χ1v) is 6.82. The molecule has 6 heteroatoms. The molecule has 0 saturated heterocycles. The Kier molecular flexibility index (Phi) is 6.45. The minimum absolute atomic E-state index is 0.0881. The number of aliphatic hydroxyl groups is 1. The number of carbonyl (C=O) groups excluding carboxylic acids is 1. The van der Waals surface area contributed by atoms with Crippen LogP contribution in [0.3, 0.4) is 0 Å². The van der Waals surface area contributed by atoms with E-state index in [1.54, 1.807) is 18.2 Å². The highest BCUT2D eigenvalue weighted by molar-refractivity contribution is 5.92. The molecule has 118 valence electrons. The summed E-state index contributed by atoms with van der Waals surface area (Å²) in [5, 5.41) is 14.7. The Balaban J connectivity index is 2.68. The molecule has 0 saturated carbocycles. The highest BCUT2D eigenvalue weighted by Gasteiger charge is 2.12. The van der Waals surface area contributed by atoms with Gasteiger partial charge in [-0.05, 0) is 32.9 Å². The Labute approximate surface area is 125 Å². The summed E-state index contributed by atoms with van der Waals surface area (Å²) in [6, 6.07) is 5.11. The summed E-state index contributed by atoms with van der Waals surface area (Å²) in [6.07, 6.45) is 0. The van der Waals surface area contributed by atoms with Crippen LogP contribution in [0.25, 0.3) is 0 Å². The standard InChI is InChI=1S/C15H24N2O4/c1-15(2,3)16-10-14(19)17-11-5-6-12(20-4)13(9-11)21-8-7-18/h5-6,9,16,18H,7-8,10H2,1-4H3,(H,17,19). The predicted molar refractivity (Wildman–Crippen MR) is 82.0 cm³/mol. The first-order chi connectivity index (χ1) is 9.85. The first kappa shape index (κ1) is 17.3. The molecule has 0 bridgehead atoms. The van der Waals surface area contributed by atoms with Gasteiger partial charge in [0.25, 0.3) is 0 Å². The van der Waals surface area contributed by atoms with Gasteiger partial charge in [-0.25, -0.2) is 0 Å². The smallest absolute Gasteiger partial charge is 0.238 e. The lowest BCUT2D eigenvalue weighted by atomic mass is 10.1.